The van der Waals surface area contributed by atoms with Gasteiger partial charge in [0.05, 0.1) is 6.10 Å². The maximum atomic E-state index is 12.4. The Morgan fingerprint density at radius 2 is 2.00 bits per heavy atom. The molecule has 2 atom stereocenters. The van der Waals surface area contributed by atoms with E-state index in [1.165, 1.54) is 0 Å². The van der Waals surface area contributed by atoms with Crippen molar-refractivity contribution in [2.45, 2.75) is 13.0 Å². The Morgan fingerprint density at radius 1 is 1.36 bits per heavy atom. The van der Waals surface area contributed by atoms with Gasteiger partial charge in [0.15, 0.2) is 0 Å². The minimum atomic E-state index is -2.45. The van der Waals surface area contributed by atoms with Crippen LogP contribution in [0.15, 0.2) is 41.7 Å². The number of aliphatic hydroxyl groups is 1. The van der Waals surface area contributed by atoms with Gasteiger partial charge >= 0.3 is 0 Å². The fourth-order valence-corrected chi connectivity index (χ4v) is 4.50. The Hall–Kier alpha value is -0.850. The molecular formula is C11H13O2P. The summed E-state index contributed by atoms with van der Waals surface area (Å²) in [6, 6.07) is 9.38. The van der Waals surface area contributed by atoms with Crippen LogP contribution in [0.5, 0.6) is 0 Å². The predicted molar refractivity (Wildman–Crippen MR) is 58.3 cm³/mol. The third kappa shape index (κ3) is 1.56. The summed E-state index contributed by atoms with van der Waals surface area (Å²) in [5.41, 5.74) is 0.831. The van der Waals surface area contributed by atoms with Crippen molar-refractivity contribution in [3.05, 3.63) is 41.7 Å². The standard InChI is InChI=1S/C11H13O2P/c1-9-7-14(13,8-11(9)12)10-5-3-2-4-6-10/h2-7,11-12H,8H2,1H3/t11-,14?/m1/s1. The molecule has 1 aliphatic rings. The molecule has 14 heavy (non-hydrogen) atoms. The van der Waals surface area contributed by atoms with E-state index in [1.807, 2.05) is 37.3 Å². The zero-order valence-corrected chi connectivity index (χ0v) is 8.95. The molecule has 2 nitrogen and oxygen atoms in total. The van der Waals surface area contributed by atoms with E-state index in [2.05, 4.69) is 0 Å². The molecule has 0 aromatic heterocycles. The van der Waals surface area contributed by atoms with Gasteiger partial charge in [0, 0.05) is 11.5 Å². The SMILES string of the molecule is CC1=CP(=O)(c2ccccc2)C[C@H]1O. The molecule has 0 saturated carbocycles. The lowest BCUT2D eigenvalue weighted by molar-refractivity contribution is 0.237. The van der Waals surface area contributed by atoms with E-state index in [1.54, 1.807) is 5.82 Å². The molecule has 0 fully saturated rings. The normalized spacial score (nSPS) is 31.6. The summed E-state index contributed by atoms with van der Waals surface area (Å²) >= 11 is 0. The van der Waals surface area contributed by atoms with E-state index >= 15 is 0 Å². The molecule has 0 amide bonds. The van der Waals surface area contributed by atoms with Crippen molar-refractivity contribution in [3.63, 3.8) is 0 Å². The van der Waals surface area contributed by atoms with Crippen molar-refractivity contribution >= 4 is 12.4 Å². The second kappa shape index (κ2) is 3.38. The fraction of sp³-hybridized carbons (Fsp3) is 0.273. The van der Waals surface area contributed by atoms with Crippen LogP contribution in [0.2, 0.25) is 0 Å². The van der Waals surface area contributed by atoms with Crippen LogP contribution in [-0.4, -0.2) is 17.4 Å². The van der Waals surface area contributed by atoms with Crippen molar-refractivity contribution in [1.82, 2.24) is 0 Å². The van der Waals surface area contributed by atoms with E-state index in [-0.39, 0.29) is 0 Å². The van der Waals surface area contributed by atoms with Crippen LogP contribution >= 0.6 is 7.14 Å². The summed E-state index contributed by atoms with van der Waals surface area (Å²) in [6.07, 6.45) is -0.163. The molecule has 3 heteroatoms. The molecule has 0 radical (unpaired) electrons. The summed E-state index contributed by atoms with van der Waals surface area (Å²) in [6.45, 7) is 1.83. The lowest BCUT2D eigenvalue weighted by atomic mass is 10.2. The molecule has 2 rings (SSSR count). The molecular weight excluding hydrogens is 195 g/mol. The third-order valence-corrected chi connectivity index (χ3v) is 5.46. The van der Waals surface area contributed by atoms with E-state index in [9.17, 15) is 9.67 Å². The highest BCUT2D eigenvalue weighted by Crippen LogP contribution is 2.52. The van der Waals surface area contributed by atoms with E-state index in [4.69, 9.17) is 0 Å². The van der Waals surface area contributed by atoms with Gasteiger partial charge in [0.1, 0.15) is 7.14 Å². The van der Waals surface area contributed by atoms with Crippen molar-refractivity contribution in [2.24, 2.45) is 0 Å². The van der Waals surface area contributed by atoms with Gasteiger partial charge in [-0.15, -0.1) is 0 Å². The number of hydrogen-bond donors (Lipinski definition) is 1. The highest BCUT2D eigenvalue weighted by Gasteiger charge is 2.32. The number of rotatable bonds is 1. The van der Waals surface area contributed by atoms with E-state index in [0.29, 0.717) is 6.16 Å². The quantitative estimate of drug-likeness (QED) is 0.716. The largest absolute Gasteiger partial charge is 0.388 e. The van der Waals surface area contributed by atoms with Gasteiger partial charge in [0.2, 0.25) is 0 Å². The maximum absolute atomic E-state index is 12.4. The van der Waals surface area contributed by atoms with Gasteiger partial charge in [-0.25, -0.2) is 0 Å². The van der Waals surface area contributed by atoms with Gasteiger partial charge in [-0.3, -0.25) is 0 Å². The highest BCUT2D eigenvalue weighted by atomic mass is 31.2. The van der Waals surface area contributed by atoms with Crippen LogP contribution in [0.3, 0.4) is 0 Å². The Morgan fingerprint density at radius 3 is 2.50 bits per heavy atom. The minimum Gasteiger partial charge on any atom is -0.388 e. The smallest absolute Gasteiger partial charge is 0.139 e. The molecule has 0 bridgehead atoms. The molecule has 1 aliphatic heterocycles. The first-order valence-corrected chi connectivity index (χ1v) is 6.60. The van der Waals surface area contributed by atoms with Crippen LogP contribution < -0.4 is 5.30 Å². The lowest BCUT2D eigenvalue weighted by Crippen LogP contribution is -2.11. The zero-order valence-electron chi connectivity index (χ0n) is 8.05. The Balaban J connectivity index is 2.42. The van der Waals surface area contributed by atoms with Crippen LogP contribution in [0, 0.1) is 0 Å². The number of benzene rings is 1. The summed E-state index contributed by atoms with van der Waals surface area (Å²) in [5.74, 6) is 1.74. The van der Waals surface area contributed by atoms with Crippen LogP contribution in [0.1, 0.15) is 6.92 Å². The number of aliphatic hydroxyl groups excluding tert-OH is 1. The molecule has 1 unspecified atom stereocenters. The van der Waals surface area contributed by atoms with Crippen molar-refractivity contribution in [2.75, 3.05) is 6.16 Å². The summed E-state index contributed by atoms with van der Waals surface area (Å²) in [7, 11) is -2.45. The second-order valence-electron chi connectivity index (χ2n) is 3.70. The van der Waals surface area contributed by atoms with Gasteiger partial charge in [0.25, 0.3) is 0 Å². The van der Waals surface area contributed by atoms with Crippen molar-refractivity contribution < 1.29 is 9.67 Å². The first kappa shape index (κ1) is 9.70. The molecule has 1 N–H and O–H groups in total. The molecule has 1 aromatic carbocycles. The molecule has 1 aromatic rings. The van der Waals surface area contributed by atoms with Gasteiger partial charge < -0.3 is 9.67 Å². The molecule has 0 aliphatic carbocycles. The molecule has 0 saturated heterocycles. The summed E-state index contributed by atoms with van der Waals surface area (Å²) in [4.78, 5) is 0. The van der Waals surface area contributed by atoms with Crippen LogP contribution in [0.4, 0.5) is 0 Å². The first-order chi connectivity index (χ1) is 6.62. The highest BCUT2D eigenvalue weighted by molar-refractivity contribution is 7.74. The topological polar surface area (TPSA) is 37.3 Å². The summed E-state index contributed by atoms with van der Waals surface area (Å²) < 4.78 is 12.4. The van der Waals surface area contributed by atoms with Crippen molar-refractivity contribution in [3.8, 4) is 0 Å². The van der Waals surface area contributed by atoms with Gasteiger partial charge in [-0.05, 0) is 18.3 Å². The molecule has 74 valence electrons. The molecule has 0 spiro atoms. The van der Waals surface area contributed by atoms with Crippen molar-refractivity contribution in [1.29, 1.82) is 0 Å². The zero-order chi connectivity index (χ0) is 10.2. The Bertz CT molecular complexity index is 409. The third-order valence-electron chi connectivity index (χ3n) is 2.58. The second-order valence-corrected chi connectivity index (χ2v) is 6.43. The maximum Gasteiger partial charge on any atom is 0.139 e. The molecule has 1 heterocycles. The van der Waals surface area contributed by atoms with Crippen LogP contribution in [-0.2, 0) is 4.57 Å². The van der Waals surface area contributed by atoms with E-state index < -0.39 is 13.2 Å². The van der Waals surface area contributed by atoms with Gasteiger partial charge in [-0.2, -0.15) is 0 Å². The Kier molecular flexibility index (Phi) is 2.34. The minimum absolute atomic E-state index is 0.364. The summed E-state index contributed by atoms with van der Waals surface area (Å²) in [5, 5.41) is 10.4. The average Bonchev–Trinajstić information content (AvgIpc) is 2.44. The lowest BCUT2D eigenvalue weighted by Gasteiger charge is -2.09. The Labute approximate surface area is 83.6 Å². The van der Waals surface area contributed by atoms with E-state index in [0.717, 1.165) is 10.9 Å². The van der Waals surface area contributed by atoms with Crippen LogP contribution in [0.25, 0.3) is 0 Å². The fourth-order valence-electron chi connectivity index (χ4n) is 1.73. The number of hydrogen-bond acceptors (Lipinski definition) is 2. The van der Waals surface area contributed by atoms with Gasteiger partial charge in [-0.1, -0.05) is 30.3 Å². The average molecular weight is 208 g/mol. The first-order valence-electron chi connectivity index (χ1n) is 4.64. The predicted octanol–water partition coefficient (Wildman–Crippen LogP) is 1.95. The monoisotopic (exact) mass is 208 g/mol.